The summed E-state index contributed by atoms with van der Waals surface area (Å²) < 4.78 is 1.79. The number of rotatable bonds is 1. The highest BCUT2D eigenvalue weighted by molar-refractivity contribution is 5.60. The van der Waals surface area contributed by atoms with Gasteiger partial charge in [0.25, 0.3) is 0 Å². The molecule has 2 aromatic rings. The monoisotopic (exact) mass is 173 g/mol. The molecule has 66 valence electrons. The van der Waals surface area contributed by atoms with Crippen molar-refractivity contribution in [2.45, 2.75) is 6.92 Å². The summed E-state index contributed by atoms with van der Waals surface area (Å²) in [5, 5.41) is 4.32. The fourth-order valence-corrected chi connectivity index (χ4v) is 1.31. The Balaban J connectivity index is 2.52. The highest BCUT2D eigenvalue weighted by Gasteiger charge is 2.03. The van der Waals surface area contributed by atoms with Crippen LogP contribution in [0.2, 0.25) is 0 Å². The molecule has 2 aromatic heterocycles. The molecule has 0 aliphatic carbocycles. The molecule has 3 heteroatoms. The zero-order chi connectivity index (χ0) is 9.26. The lowest BCUT2D eigenvalue weighted by Gasteiger charge is -1.99. The second kappa shape index (κ2) is 3.01. The van der Waals surface area contributed by atoms with Gasteiger partial charge in [0, 0.05) is 30.7 Å². The second-order valence-electron chi connectivity index (χ2n) is 3.01. The fourth-order valence-electron chi connectivity index (χ4n) is 1.31. The third kappa shape index (κ3) is 1.45. The predicted octanol–water partition coefficient (Wildman–Crippen LogP) is 1.79. The Morgan fingerprint density at radius 1 is 1.31 bits per heavy atom. The number of aromatic nitrogens is 3. The SMILES string of the molecule is Cc1ncccc1-c1ccn(C)n1. The summed E-state index contributed by atoms with van der Waals surface area (Å²) in [5.74, 6) is 0. The van der Waals surface area contributed by atoms with E-state index in [1.54, 1.807) is 10.9 Å². The molecule has 0 saturated carbocycles. The molecule has 0 N–H and O–H groups in total. The quantitative estimate of drug-likeness (QED) is 0.658. The van der Waals surface area contributed by atoms with Crippen LogP contribution in [0.1, 0.15) is 5.69 Å². The van der Waals surface area contributed by atoms with Crippen LogP contribution in [0.3, 0.4) is 0 Å². The summed E-state index contributed by atoms with van der Waals surface area (Å²) in [5.41, 5.74) is 3.09. The third-order valence-electron chi connectivity index (χ3n) is 2.00. The minimum Gasteiger partial charge on any atom is -0.275 e. The normalized spacial score (nSPS) is 10.3. The van der Waals surface area contributed by atoms with Crippen molar-refractivity contribution in [1.82, 2.24) is 14.8 Å². The predicted molar refractivity (Wildman–Crippen MR) is 51.2 cm³/mol. The maximum atomic E-state index is 4.32. The van der Waals surface area contributed by atoms with Crippen LogP contribution >= 0.6 is 0 Å². The summed E-state index contributed by atoms with van der Waals surface area (Å²) in [7, 11) is 1.91. The number of hydrogen-bond donors (Lipinski definition) is 0. The first kappa shape index (κ1) is 7.98. The molecule has 0 atom stereocenters. The molecule has 0 aromatic carbocycles. The molecular weight excluding hydrogens is 162 g/mol. The van der Waals surface area contributed by atoms with Gasteiger partial charge in [-0.25, -0.2) is 0 Å². The summed E-state index contributed by atoms with van der Waals surface area (Å²) in [6, 6.07) is 5.95. The van der Waals surface area contributed by atoms with Gasteiger partial charge in [0.05, 0.1) is 5.69 Å². The fraction of sp³-hybridized carbons (Fsp3) is 0.200. The van der Waals surface area contributed by atoms with E-state index in [0.717, 1.165) is 17.0 Å². The van der Waals surface area contributed by atoms with Gasteiger partial charge >= 0.3 is 0 Å². The lowest BCUT2D eigenvalue weighted by Crippen LogP contribution is -1.90. The lowest BCUT2D eigenvalue weighted by atomic mass is 10.1. The van der Waals surface area contributed by atoms with Gasteiger partial charge in [0.1, 0.15) is 0 Å². The number of hydrogen-bond acceptors (Lipinski definition) is 2. The van der Waals surface area contributed by atoms with Gasteiger partial charge in [-0.1, -0.05) is 0 Å². The van der Waals surface area contributed by atoms with E-state index in [-0.39, 0.29) is 0 Å². The molecule has 0 saturated heterocycles. The zero-order valence-electron chi connectivity index (χ0n) is 7.73. The van der Waals surface area contributed by atoms with Gasteiger partial charge in [-0.3, -0.25) is 9.67 Å². The van der Waals surface area contributed by atoms with Crippen LogP contribution in [0.4, 0.5) is 0 Å². The van der Waals surface area contributed by atoms with Crippen LogP contribution < -0.4 is 0 Å². The second-order valence-corrected chi connectivity index (χ2v) is 3.01. The van der Waals surface area contributed by atoms with E-state index in [0.29, 0.717) is 0 Å². The number of pyridine rings is 1. The van der Waals surface area contributed by atoms with Crippen LogP contribution in [0, 0.1) is 6.92 Å². The van der Waals surface area contributed by atoms with E-state index in [1.807, 2.05) is 38.4 Å². The maximum absolute atomic E-state index is 4.32. The van der Waals surface area contributed by atoms with Crippen LogP contribution in [0.25, 0.3) is 11.3 Å². The van der Waals surface area contributed by atoms with Gasteiger partial charge in [0.2, 0.25) is 0 Å². The van der Waals surface area contributed by atoms with Crippen molar-refractivity contribution in [2.24, 2.45) is 7.05 Å². The first-order valence-corrected chi connectivity index (χ1v) is 4.19. The molecule has 0 bridgehead atoms. The van der Waals surface area contributed by atoms with Crippen LogP contribution in [-0.2, 0) is 7.05 Å². The van der Waals surface area contributed by atoms with E-state index in [4.69, 9.17) is 0 Å². The van der Waals surface area contributed by atoms with Crippen molar-refractivity contribution in [3.05, 3.63) is 36.3 Å². The van der Waals surface area contributed by atoms with Crippen molar-refractivity contribution >= 4 is 0 Å². The molecule has 13 heavy (non-hydrogen) atoms. The highest BCUT2D eigenvalue weighted by Crippen LogP contribution is 2.18. The highest BCUT2D eigenvalue weighted by atomic mass is 15.2. The van der Waals surface area contributed by atoms with Crippen LogP contribution in [0.15, 0.2) is 30.6 Å². The summed E-state index contributed by atoms with van der Waals surface area (Å²) >= 11 is 0. The maximum Gasteiger partial charge on any atom is 0.0941 e. The largest absolute Gasteiger partial charge is 0.275 e. The van der Waals surface area contributed by atoms with Crippen molar-refractivity contribution in [3.63, 3.8) is 0 Å². The molecule has 3 nitrogen and oxygen atoms in total. The van der Waals surface area contributed by atoms with Gasteiger partial charge in [-0.15, -0.1) is 0 Å². The first-order chi connectivity index (χ1) is 6.27. The first-order valence-electron chi connectivity index (χ1n) is 4.19. The standard InChI is InChI=1S/C10H11N3/c1-8-9(4-3-6-11-8)10-5-7-13(2)12-10/h3-7H,1-2H3. The van der Waals surface area contributed by atoms with Crippen molar-refractivity contribution in [1.29, 1.82) is 0 Å². The third-order valence-corrected chi connectivity index (χ3v) is 2.00. The zero-order valence-corrected chi connectivity index (χ0v) is 7.73. The summed E-state index contributed by atoms with van der Waals surface area (Å²) in [6.45, 7) is 1.99. The molecule has 0 amide bonds. The molecule has 2 rings (SSSR count). The molecule has 0 unspecified atom stereocenters. The van der Waals surface area contributed by atoms with E-state index in [9.17, 15) is 0 Å². The Labute approximate surface area is 77.0 Å². The molecule has 2 heterocycles. The van der Waals surface area contributed by atoms with Gasteiger partial charge in [0.15, 0.2) is 0 Å². The van der Waals surface area contributed by atoms with Crippen molar-refractivity contribution < 1.29 is 0 Å². The molecule has 0 radical (unpaired) electrons. The average Bonchev–Trinajstić information content (AvgIpc) is 2.53. The minimum absolute atomic E-state index is 0.980. The van der Waals surface area contributed by atoms with Crippen molar-refractivity contribution in [2.75, 3.05) is 0 Å². The van der Waals surface area contributed by atoms with E-state index < -0.39 is 0 Å². The Morgan fingerprint density at radius 3 is 2.77 bits per heavy atom. The number of nitrogens with zero attached hydrogens (tertiary/aromatic N) is 3. The lowest BCUT2D eigenvalue weighted by molar-refractivity contribution is 0.770. The molecular formula is C10H11N3. The topological polar surface area (TPSA) is 30.7 Å². The van der Waals surface area contributed by atoms with Crippen LogP contribution in [-0.4, -0.2) is 14.8 Å². The summed E-state index contributed by atoms with van der Waals surface area (Å²) in [4.78, 5) is 4.22. The van der Waals surface area contributed by atoms with Gasteiger partial charge < -0.3 is 0 Å². The Kier molecular flexibility index (Phi) is 1.85. The Morgan fingerprint density at radius 2 is 2.15 bits per heavy atom. The Hall–Kier alpha value is -1.64. The molecule has 0 spiro atoms. The average molecular weight is 173 g/mol. The van der Waals surface area contributed by atoms with E-state index in [1.165, 1.54) is 0 Å². The van der Waals surface area contributed by atoms with Crippen molar-refractivity contribution in [3.8, 4) is 11.3 Å². The van der Waals surface area contributed by atoms with Gasteiger partial charge in [-0.2, -0.15) is 5.10 Å². The molecule has 0 aliphatic rings. The smallest absolute Gasteiger partial charge is 0.0941 e. The van der Waals surface area contributed by atoms with E-state index in [2.05, 4.69) is 10.1 Å². The number of aryl methyl sites for hydroxylation is 2. The van der Waals surface area contributed by atoms with Gasteiger partial charge in [-0.05, 0) is 25.1 Å². The molecule has 0 aliphatic heterocycles. The van der Waals surface area contributed by atoms with E-state index >= 15 is 0 Å². The van der Waals surface area contributed by atoms with Crippen LogP contribution in [0.5, 0.6) is 0 Å². The minimum atomic E-state index is 0.980. The molecule has 0 fully saturated rings. The Bertz CT molecular complexity index is 418. The summed E-state index contributed by atoms with van der Waals surface area (Å²) in [6.07, 6.45) is 3.73.